The van der Waals surface area contributed by atoms with Gasteiger partial charge in [0.05, 0.1) is 10.7 Å². The van der Waals surface area contributed by atoms with Crippen molar-refractivity contribution in [2.75, 3.05) is 26.2 Å². The van der Waals surface area contributed by atoms with Crippen molar-refractivity contribution < 1.29 is 13.9 Å². The first-order valence-corrected chi connectivity index (χ1v) is 11.4. The van der Waals surface area contributed by atoms with Crippen molar-refractivity contribution in [3.05, 3.63) is 69.4 Å². The van der Waals surface area contributed by atoms with Gasteiger partial charge < -0.3 is 14.1 Å². The molecule has 0 radical (unpaired) electrons. The number of aromatic nitrogens is 2. The van der Waals surface area contributed by atoms with E-state index in [4.69, 9.17) is 32.4 Å². The Kier molecular flexibility index (Phi) is 7.08. The van der Waals surface area contributed by atoms with Crippen molar-refractivity contribution in [1.82, 2.24) is 19.6 Å². The Morgan fingerprint density at radius 3 is 2.62 bits per heavy atom. The molecular formula is C23H26Cl2N4O3. The third kappa shape index (κ3) is 5.28. The number of carbonyl (C=O) groups is 1. The number of benzene rings is 1. The van der Waals surface area contributed by atoms with E-state index in [0.717, 1.165) is 31.9 Å². The number of hydrogen-bond acceptors (Lipinski definition) is 5. The van der Waals surface area contributed by atoms with Crippen LogP contribution in [0.4, 0.5) is 0 Å². The normalized spacial score (nSPS) is 14.7. The largest absolute Gasteiger partial charge is 0.484 e. The molecule has 0 N–H and O–H groups in total. The molecule has 0 bridgehead atoms. The van der Waals surface area contributed by atoms with E-state index < -0.39 is 0 Å². The summed E-state index contributed by atoms with van der Waals surface area (Å²) in [5.41, 5.74) is 2.30. The van der Waals surface area contributed by atoms with Crippen molar-refractivity contribution in [3.63, 3.8) is 0 Å². The Morgan fingerprint density at radius 2 is 1.94 bits per heavy atom. The Hall–Kier alpha value is -2.48. The fourth-order valence-electron chi connectivity index (χ4n) is 3.69. The van der Waals surface area contributed by atoms with Crippen LogP contribution in [0, 0.1) is 6.92 Å². The topological polar surface area (TPSA) is 63.7 Å². The van der Waals surface area contributed by atoms with Gasteiger partial charge in [-0.25, -0.2) is 0 Å². The molecule has 1 aliphatic heterocycles. The van der Waals surface area contributed by atoms with Crippen molar-refractivity contribution >= 4 is 29.1 Å². The summed E-state index contributed by atoms with van der Waals surface area (Å²) >= 11 is 12.0. The zero-order valence-corrected chi connectivity index (χ0v) is 19.7. The molecular weight excluding hydrogens is 451 g/mol. The van der Waals surface area contributed by atoms with Crippen molar-refractivity contribution in [2.24, 2.45) is 0 Å². The van der Waals surface area contributed by atoms with Gasteiger partial charge >= 0.3 is 0 Å². The van der Waals surface area contributed by atoms with Gasteiger partial charge in [0, 0.05) is 56.1 Å². The fraction of sp³-hybridized carbons (Fsp3) is 0.391. The van der Waals surface area contributed by atoms with Crippen molar-refractivity contribution in [2.45, 2.75) is 33.5 Å². The van der Waals surface area contributed by atoms with Crippen LogP contribution in [0.2, 0.25) is 10.0 Å². The van der Waals surface area contributed by atoms with Gasteiger partial charge in [-0.3, -0.25) is 14.4 Å². The monoisotopic (exact) mass is 476 g/mol. The van der Waals surface area contributed by atoms with E-state index >= 15 is 0 Å². The number of rotatable bonds is 7. The number of aryl methyl sites for hydroxylation is 2. The molecule has 0 aliphatic carbocycles. The molecule has 1 fully saturated rings. The Balaban J connectivity index is 1.29. The van der Waals surface area contributed by atoms with Crippen LogP contribution in [-0.4, -0.2) is 51.7 Å². The van der Waals surface area contributed by atoms with Crippen LogP contribution >= 0.6 is 23.2 Å². The lowest BCUT2D eigenvalue weighted by Crippen LogP contribution is -2.48. The van der Waals surface area contributed by atoms with E-state index in [1.54, 1.807) is 30.3 Å². The summed E-state index contributed by atoms with van der Waals surface area (Å²) in [6.07, 6.45) is 2.11. The summed E-state index contributed by atoms with van der Waals surface area (Å²) in [5, 5.41) is 5.48. The summed E-state index contributed by atoms with van der Waals surface area (Å²) < 4.78 is 13.4. The second kappa shape index (κ2) is 9.98. The van der Waals surface area contributed by atoms with E-state index in [1.807, 2.05) is 16.5 Å². The van der Waals surface area contributed by atoms with Crippen LogP contribution in [0.3, 0.4) is 0 Å². The number of carbonyl (C=O) groups excluding carboxylic acids is 1. The quantitative estimate of drug-likeness (QED) is 0.496. The second-order valence-corrected chi connectivity index (χ2v) is 8.64. The summed E-state index contributed by atoms with van der Waals surface area (Å²) in [5.74, 6) is 1.28. The molecule has 0 spiro atoms. The number of amides is 1. The lowest BCUT2D eigenvalue weighted by Gasteiger charge is -2.34. The summed E-state index contributed by atoms with van der Waals surface area (Å²) in [6.45, 7) is 8.96. The molecule has 4 rings (SSSR count). The van der Waals surface area contributed by atoms with Gasteiger partial charge in [-0.1, -0.05) is 23.2 Å². The number of halogens is 2. The van der Waals surface area contributed by atoms with Gasteiger partial charge in [-0.2, -0.15) is 5.10 Å². The van der Waals surface area contributed by atoms with Gasteiger partial charge in [0.15, 0.2) is 5.76 Å². The minimum atomic E-state index is -0.101. The van der Waals surface area contributed by atoms with E-state index in [2.05, 4.69) is 23.1 Å². The van der Waals surface area contributed by atoms with Crippen LogP contribution in [-0.2, 0) is 19.7 Å². The minimum Gasteiger partial charge on any atom is -0.484 e. The van der Waals surface area contributed by atoms with Crippen LogP contribution in [0.15, 0.2) is 40.9 Å². The van der Waals surface area contributed by atoms with Gasteiger partial charge in [-0.05, 0) is 44.2 Å². The Labute approximate surface area is 197 Å². The molecule has 1 saturated heterocycles. The molecule has 3 aromatic rings. The highest BCUT2D eigenvalue weighted by Crippen LogP contribution is 2.28. The maximum Gasteiger partial charge on any atom is 0.289 e. The molecule has 0 atom stereocenters. The zero-order chi connectivity index (χ0) is 22.7. The van der Waals surface area contributed by atoms with E-state index in [0.29, 0.717) is 40.4 Å². The number of nitrogens with zero attached hydrogens (tertiary/aromatic N) is 4. The average Bonchev–Trinajstić information content (AvgIpc) is 3.40. The molecule has 0 saturated carbocycles. The van der Waals surface area contributed by atoms with E-state index in [1.165, 1.54) is 5.56 Å². The SMILES string of the molecule is CCn1cc(CN2CCN(C(=O)c3ccc(COc4ccc(Cl)cc4Cl)o3)CC2)c(C)n1. The average molecular weight is 477 g/mol. The first-order valence-electron chi connectivity index (χ1n) is 10.6. The van der Waals surface area contributed by atoms with Crippen LogP contribution in [0.1, 0.15) is 34.5 Å². The fourth-order valence-corrected chi connectivity index (χ4v) is 4.16. The molecule has 0 unspecified atom stereocenters. The third-order valence-electron chi connectivity index (χ3n) is 5.56. The van der Waals surface area contributed by atoms with Gasteiger partial charge in [-0.15, -0.1) is 0 Å². The maximum atomic E-state index is 12.9. The molecule has 170 valence electrons. The van der Waals surface area contributed by atoms with Crippen LogP contribution in [0.5, 0.6) is 5.75 Å². The zero-order valence-electron chi connectivity index (χ0n) is 18.2. The Bertz CT molecular complexity index is 1090. The highest BCUT2D eigenvalue weighted by Gasteiger charge is 2.25. The van der Waals surface area contributed by atoms with E-state index in [-0.39, 0.29) is 12.5 Å². The minimum absolute atomic E-state index is 0.101. The summed E-state index contributed by atoms with van der Waals surface area (Å²) in [4.78, 5) is 17.0. The second-order valence-electron chi connectivity index (χ2n) is 7.79. The van der Waals surface area contributed by atoms with Crippen molar-refractivity contribution in [1.29, 1.82) is 0 Å². The van der Waals surface area contributed by atoms with Crippen molar-refractivity contribution in [3.8, 4) is 5.75 Å². The Morgan fingerprint density at radius 1 is 1.16 bits per heavy atom. The predicted octanol–water partition coefficient (Wildman–Crippen LogP) is 4.65. The number of hydrogen-bond donors (Lipinski definition) is 0. The summed E-state index contributed by atoms with van der Waals surface area (Å²) in [6, 6.07) is 8.47. The molecule has 32 heavy (non-hydrogen) atoms. The van der Waals surface area contributed by atoms with Crippen LogP contribution in [0.25, 0.3) is 0 Å². The van der Waals surface area contributed by atoms with Crippen LogP contribution < -0.4 is 4.74 Å². The molecule has 7 nitrogen and oxygen atoms in total. The van der Waals surface area contributed by atoms with Gasteiger partial charge in [0.1, 0.15) is 18.1 Å². The molecule has 1 amide bonds. The molecule has 1 aliphatic rings. The maximum absolute atomic E-state index is 12.9. The lowest BCUT2D eigenvalue weighted by molar-refractivity contribution is 0.0594. The van der Waals surface area contributed by atoms with Gasteiger partial charge in [0.25, 0.3) is 5.91 Å². The molecule has 2 aromatic heterocycles. The number of furan rings is 1. The first kappa shape index (κ1) is 22.7. The first-order chi connectivity index (χ1) is 15.4. The smallest absolute Gasteiger partial charge is 0.289 e. The predicted molar refractivity (Wildman–Crippen MR) is 123 cm³/mol. The standard InChI is InChI=1S/C23H26Cl2N4O3/c1-3-29-14-17(16(2)26-29)13-27-8-10-28(11-9-27)23(30)22-7-5-19(32-22)15-31-21-6-4-18(24)12-20(21)25/h4-7,12,14H,3,8-11,13,15H2,1-2H3. The highest BCUT2D eigenvalue weighted by atomic mass is 35.5. The summed E-state index contributed by atoms with van der Waals surface area (Å²) in [7, 11) is 0. The number of ether oxygens (including phenoxy) is 1. The van der Waals surface area contributed by atoms with E-state index in [9.17, 15) is 4.79 Å². The number of piperazine rings is 1. The lowest BCUT2D eigenvalue weighted by atomic mass is 10.2. The molecule has 9 heteroatoms. The molecule has 1 aromatic carbocycles. The highest BCUT2D eigenvalue weighted by molar-refractivity contribution is 6.35. The van der Waals surface area contributed by atoms with Gasteiger partial charge in [0.2, 0.25) is 0 Å². The third-order valence-corrected chi connectivity index (χ3v) is 6.09. The molecule has 3 heterocycles.